The number of benzene rings is 2. The Labute approximate surface area is 166 Å². The molecule has 3 amide bonds. The molecule has 0 spiro atoms. The smallest absolute Gasteiger partial charge is 0.253 e. The first-order valence-electron chi connectivity index (χ1n) is 9.03. The van der Waals surface area contributed by atoms with E-state index in [4.69, 9.17) is 0 Å². The first-order chi connectivity index (χ1) is 13.5. The van der Waals surface area contributed by atoms with Gasteiger partial charge in [0, 0.05) is 25.5 Å². The minimum atomic E-state index is -0.138. The third kappa shape index (κ3) is 3.66. The van der Waals surface area contributed by atoms with Crippen LogP contribution in [0.1, 0.15) is 33.8 Å². The summed E-state index contributed by atoms with van der Waals surface area (Å²) in [5, 5.41) is 0.889. The van der Waals surface area contributed by atoms with E-state index in [1.807, 2.05) is 24.3 Å². The van der Waals surface area contributed by atoms with Crippen LogP contribution in [-0.2, 0) is 22.7 Å². The van der Waals surface area contributed by atoms with Gasteiger partial charge in [-0.1, -0.05) is 24.3 Å². The van der Waals surface area contributed by atoms with Gasteiger partial charge in [0.25, 0.3) is 5.91 Å². The summed E-state index contributed by atoms with van der Waals surface area (Å²) in [4.78, 5) is 43.7. The SMILES string of the molecule is CN(Cc1nc2ccccc2s1)C(=O)c1ccc(CN2C(=O)CCC2=O)cc1. The summed E-state index contributed by atoms with van der Waals surface area (Å²) in [7, 11) is 1.75. The second-order valence-corrected chi connectivity index (χ2v) is 7.92. The summed E-state index contributed by atoms with van der Waals surface area (Å²) in [6, 6.07) is 15.0. The summed E-state index contributed by atoms with van der Waals surface area (Å²) in [6.07, 6.45) is 0.567. The van der Waals surface area contributed by atoms with Crippen molar-refractivity contribution < 1.29 is 14.4 Å². The first-order valence-corrected chi connectivity index (χ1v) is 9.85. The van der Waals surface area contributed by atoms with Crippen molar-refractivity contribution in [3.05, 3.63) is 64.7 Å². The fourth-order valence-electron chi connectivity index (χ4n) is 3.22. The van der Waals surface area contributed by atoms with Gasteiger partial charge < -0.3 is 4.90 Å². The van der Waals surface area contributed by atoms with Gasteiger partial charge in [-0.25, -0.2) is 4.98 Å². The molecule has 7 heteroatoms. The average Bonchev–Trinajstić information content (AvgIpc) is 3.25. The van der Waals surface area contributed by atoms with Gasteiger partial charge in [0.2, 0.25) is 11.8 Å². The number of aromatic nitrogens is 1. The number of thiazole rings is 1. The van der Waals surface area contributed by atoms with Gasteiger partial charge in [-0.2, -0.15) is 0 Å². The Hall–Kier alpha value is -3.06. The highest BCUT2D eigenvalue weighted by molar-refractivity contribution is 7.18. The highest BCUT2D eigenvalue weighted by Crippen LogP contribution is 2.23. The summed E-state index contributed by atoms with van der Waals surface area (Å²) < 4.78 is 1.11. The van der Waals surface area contributed by atoms with Gasteiger partial charge in [-0.05, 0) is 29.8 Å². The predicted octanol–water partition coefficient (Wildman–Crippen LogP) is 3.22. The zero-order chi connectivity index (χ0) is 19.7. The number of carbonyl (C=O) groups is 3. The molecule has 3 aromatic rings. The Morgan fingerprint density at radius 2 is 1.75 bits per heavy atom. The van der Waals surface area contributed by atoms with Crippen molar-refractivity contribution in [1.82, 2.24) is 14.8 Å². The molecule has 28 heavy (non-hydrogen) atoms. The third-order valence-corrected chi connectivity index (χ3v) is 5.77. The van der Waals surface area contributed by atoms with E-state index in [9.17, 15) is 14.4 Å². The maximum atomic E-state index is 12.7. The lowest BCUT2D eigenvalue weighted by atomic mass is 10.1. The highest BCUT2D eigenvalue weighted by Gasteiger charge is 2.28. The van der Waals surface area contributed by atoms with E-state index in [-0.39, 0.29) is 37.1 Å². The molecule has 0 saturated carbocycles. The topological polar surface area (TPSA) is 70.6 Å². The van der Waals surface area contributed by atoms with Gasteiger partial charge in [0.1, 0.15) is 5.01 Å². The molecule has 0 radical (unpaired) electrons. The first kappa shape index (κ1) is 18.3. The fourth-order valence-corrected chi connectivity index (χ4v) is 4.24. The van der Waals surface area contributed by atoms with Crippen molar-refractivity contribution in [2.75, 3.05) is 7.05 Å². The van der Waals surface area contributed by atoms with Gasteiger partial charge >= 0.3 is 0 Å². The van der Waals surface area contributed by atoms with Crippen LogP contribution < -0.4 is 0 Å². The van der Waals surface area contributed by atoms with Crippen LogP contribution >= 0.6 is 11.3 Å². The highest BCUT2D eigenvalue weighted by atomic mass is 32.1. The molecule has 0 aliphatic carbocycles. The number of rotatable bonds is 5. The number of nitrogens with zero attached hydrogens (tertiary/aromatic N) is 3. The largest absolute Gasteiger partial charge is 0.335 e. The molecule has 142 valence electrons. The van der Waals surface area contributed by atoms with Crippen molar-refractivity contribution in [2.24, 2.45) is 0 Å². The van der Waals surface area contributed by atoms with Crippen LogP contribution in [0.25, 0.3) is 10.2 Å². The zero-order valence-corrected chi connectivity index (χ0v) is 16.2. The Bertz CT molecular complexity index is 1010. The Kier molecular flexibility index (Phi) is 4.92. The predicted molar refractivity (Wildman–Crippen MR) is 107 cm³/mol. The minimum absolute atomic E-state index is 0.0980. The molecule has 4 rings (SSSR count). The Balaban J connectivity index is 1.42. The maximum Gasteiger partial charge on any atom is 0.253 e. The van der Waals surface area contributed by atoms with Crippen LogP contribution in [0.5, 0.6) is 0 Å². The summed E-state index contributed by atoms with van der Waals surface area (Å²) in [6.45, 7) is 0.699. The van der Waals surface area contributed by atoms with E-state index >= 15 is 0 Å². The quantitative estimate of drug-likeness (QED) is 0.624. The lowest BCUT2D eigenvalue weighted by Gasteiger charge is -2.17. The molecule has 1 fully saturated rings. The lowest BCUT2D eigenvalue weighted by molar-refractivity contribution is -0.139. The number of fused-ring (bicyclic) bond motifs is 1. The van der Waals surface area contributed by atoms with Gasteiger partial charge in [-0.3, -0.25) is 19.3 Å². The standard InChI is InChI=1S/C21H19N3O3S/c1-23(13-18-22-16-4-2-3-5-17(16)28-18)21(27)15-8-6-14(7-9-15)12-24-19(25)10-11-20(24)26/h2-9H,10-13H2,1H3. The molecule has 0 N–H and O–H groups in total. The molecule has 0 unspecified atom stereocenters. The zero-order valence-electron chi connectivity index (χ0n) is 15.4. The molecule has 0 bridgehead atoms. The van der Waals surface area contributed by atoms with Crippen molar-refractivity contribution >= 4 is 39.3 Å². The molecular formula is C21H19N3O3S. The summed E-state index contributed by atoms with van der Waals surface area (Å²) in [5.74, 6) is -0.374. The van der Waals surface area contributed by atoms with Crippen LogP contribution in [0.2, 0.25) is 0 Å². The number of carbonyl (C=O) groups excluding carboxylic acids is 3. The third-order valence-electron chi connectivity index (χ3n) is 4.75. The summed E-state index contributed by atoms with van der Waals surface area (Å²) in [5.41, 5.74) is 2.33. The number of imide groups is 1. The maximum absolute atomic E-state index is 12.7. The van der Waals surface area contributed by atoms with Crippen molar-refractivity contribution in [3.63, 3.8) is 0 Å². The van der Waals surface area contributed by atoms with Crippen molar-refractivity contribution in [1.29, 1.82) is 0 Å². The summed E-state index contributed by atoms with van der Waals surface area (Å²) >= 11 is 1.58. The van der Waals surface area contributed by atoms with E-state index in [1.165, 1.54) is 4.90 Å². The van der Waals surface area contributed by atoms with E-state index < -0.39 is 0 Å². The molecule has 1 aromatic heterocycles. The van der Waals surface area contributed by atoms with E-state index in [1.54, 1.807) is 47.5 Å². The van der Waals surface area contributed by atoms with Gasteiger partial charge in [-0.15, -0.1) is 11.3 Å². The molecule has 1 aliphatic rings. The number of amides is 3. The molecule has 6 nitrogen and oxygen atoms in total. The van der Waals surface area contributed by atoms with Crippen LogP contribution in [0.3, 0.4) is 0 Å². The number of hydrogen-bond donors (Lipinski definition) is 0. The molecule has 1 saturated heterocycles. The second kappa shape index (κ2) is 7.52. The Morgan fingerprint density at radius 1 is 1.07 bits per heavy atom. The minimum Gasteiger partial charge on any atom is -0.335 e. The van der Waals surface area contributed by atoms with E-state index in [0.717, 1.165) is 20.8 Å². The second-order valence-electron chi connectivity index (χ2n) is 6.81. The number of para-hydroxylation sites is 1. The number of likely N-dealkylation sites (tertiary alicyclic amines) is 1. The molecule has 2 heterocycles. The Morgan fingerprint density at radius 3 is 2.43 bits per heavy atom. The van der Waals surface area contributed by atoms with E-state index in [2.05, 4.69) is 4.98 Å². The fraction of sp³-hybridized carbons (Fsp3) is 0.238. The molecule has 2 aromatic carbocycles. The monoisotopic (exact) mass is 393 g/mol. The van der Waals surface area contributed by atoms with Crippen molar-refractivity contribution in [2.45, 2.75) is 25.9 Å². The molecular weight excluding hydrogens is 374 g/mol. The van der Waals surface area contributed by atoms with Gasteiger partial charge in [0.15, 0.2) is 0 Å². The van der Waals surface area contributed by atoms with Crippen molar-refractivity contribution in [3.8, 4) is 0 Å². The van der Waals surface area contributed by atoms with Crippen LogP contribution in [0.4, 0.5) is 0 Å². The van der Waals surface area contributed by atoms with Crippen LogP contribution in [0.15, 0.2) is 48.5 Å². The number of hydrogen-bond acceptors (Lipinski definition) is 5. The van der Waals surface area contributed by atoms with Crippen LogP contribution in [0, 0.1) is 0 Å². The normalized spacial score (nSPS) is 14.1. The van der Waals surface area contributed by atoms with Gasteiger partial charge in [0.05, 0.1) is 23.3 Å². The average molecular weight is 393 g/mol. The van der Waals surface area contributed by atoms with E-state index in [0.29, 0.717) is 12.1 Å². The molecule has 0 atom stereocenters. The lowest BCUT2D eigenvalue weighted by Crippen LogP contribution is -2.28. The molecule has 1 aliphatic heterocycles. The van der Waals surface area contributed by atoms with Crippen LogP contribution in [-0.4, -0.2) is 39.6 Å².